The van der Waals surface area contributed by atoms with Crippen molar-refractivity contribution in [3.8, 4) is 0 Å². The Balaban J connectivity index is 3.41. The van der Waals surface area contributed by atoms with Crippen molar-refractivity contribution in [2.45, 2.75) is 52.7 Å². The van der Waals surface area contributed by atoms with Crippen LogP contribution < -0.4 is 5.32 Å². The van der Waals surface area contributed by atoms with Gasteiger partial charge in [-0.15, -0.1) is 0 Å². The van der Waals surface area contributed by atoms with Crippen LogP contribution in [-0.2, 0) is 0 Å². The molecular formula is C12H28N2O. The lowest BCUT2D eigenvalue weighted by Gasteiger charge is -2.20. The summed E-state index contributed by atoms with van der Waals surface area (Å²) in [5, 5.41) is 12.4. The third-order valence-electron chi connectivity index (χ3n) is 2.77. The Morgan fingerprint density at radius 3 is 2.27 bits per heavy atom. The van der Waals surface area contributed by atoms with Crippen LogP contribution in [0.5, 0.6) is 0 Å². The van der Waals surface area contributed by atoms with Crippen LogP contribution in [0, 0.1) is 0 Å². The molecule has 3 heteroatoms. The monoisotopic (exact) mass is 216 g/mol. The second-order valence-corrected chi connectivity index (χ2v) is 4.33. The molecule has 0 radical (unpaired) electrons. The zero-order valence-corrected chi connectivity index (χ0v) is 10.8. The van der Waals surface area contributed by atoms with Gasteiger partial charge >= 0.3 is 0 Å². The highest BCUT2D eigenvalue weighted by molar-refractivity contribution is 4.64. The van der Waals surface area contributed by atoms with Gasteiger partial charge in [0.25, 0.3) is 0 Å². The first kappa shape index (κ1) is 14.9. The highest BCUT2D eigenvalue weighted by Gasteiger charge is 2.04. The summed E-state index contributed by atoms with van der Waals surface area (Å²) in [6.45, 7) is 12.6. The van der Waals surface area contributed by atoms with Gasteiger partial charge in [0.15, 0.2) is 0 Å². The summed E-state index contributed by atoms with van der Waals surface area (Å²) in [7, 11) is 0. The molecule has 0 fully saturated rings. The smallest absolute Gasteiger partial charge is 0.0636 e. The second-order valence-electron chi connectivity index (χ2n) is 4.33. The lowest BCUT2D eigenvalue weighted by molar-refractivity contribution is 0.185. The van der Waals surface area contributed by atoms with E-state index in [1.165, 1.54) is 19.4 Å². The SMILES string of the molecule is CCN(CC)CCCC(C)NC[C@H](C)O. The Bertz CT molecular complexity index is 136. The molecule has 0 aromatic carbocycles. The first-order chi connectivity index (χ1) is 7.10. The third kappa shape index (κ3) is 8.85. The van der Waals surface area contributed by atoms with Gasteiger partial charge in [0.2, 0.25) is 0 Å². The van der Waals surface area contributed by atoms with Crippen LogP contribution in [0.25, 0.3) is 0 Å². The highest BCUT2D eigenvalue weighted by atomic mass is 16.3. The molecule has 3 nitrogen and oxygen atoms in total. The largest absolute Gasteiger partial charge is 0.392 e. The van der Waals surface area contributed by atoms with Gasteiger partial charge in [-0.25, -0.2) is 0 Å². The summed E-state index contributed by atoms with van der Waals surface area (Å²) < 4.78 is 0. The van der Waals surface area contributed by atoms with E-state index in [4.69, 9.17) is 5.11 Å². The van der Waals surface area contributed by atoms with Crippen molar-refractivity contribution in [2.24, 2.45) is 0 Å². The summed E-state index contributed by atoms with van der Waals surface area (Å²) in [5.74, 6) is 0. The summed E-state index contributed by atoms with van der Waals surface area (Å²) >= 11 is 0. The van der Waals surface area contributed by atoms with Crippen LogP contribution in [0.1, 0.15) is 40.5 Å². The third-order valence-corrected chi connectivity index (χ3v) is 2.77. The molecular weight excluding hydrogens is 188 g/mol. The van der Waals surface area contributed by atoms with E-state index in [1.807, 2.05) is 6.92 Å². The van der Waals surface area contributed by atoms with Crippen molar-refractivity contribution in [1.82, 2.24) is 10.2 Å². The van der Waals surface area contributed by atoms with Crippen LogP contribution >= 0.6 is 0 Å². The van der Waals surface area contributed by atoms with Gasteiger partial charge in [0, 0.05) is 12.6 Å². The van der Waals surface area contributed by atoms with E-state index in [1.54, 1.807) is 0 Å². The van der Waals surface area contributed by atoms with Gasteiger partial charge in [-0.3, -0.25) is 0 Å². The Kier molecular flexibility index (Phi) is 9.06. The van der Waals surface area contributed by atoms with Gasteiger partial charge < -0.3 is 15.3 Å². The molecule has 0 aliphatic heterocycles. The van der Waals surface area contributed by atoms with E-state index in [0.29, 0.717) is 12.6 Å². The minimum absolute atomic E-state index is 0.241. The molecule has 0 amide bonds. The van der Waals surface area contributed by atoms with E-state index < -0.39 is 0 Å². The van der Waals surface area contributed by atoms with Crippen LogP contribution in [-0.4, -0.2) is 48.3 Å². The lowest BCUT2D eigenvalue weighted by atomic mass is 10.1. The standard InChI is InChI=1S/C12H28N2O/c1-5-14(6-2)9-7-8-11(3)13-10-12(4)15/h11-13,15H,5-10H2,1-4H3/t11?,12-/m0/s1. The highest BCUT2D eigenvalue weighted by Crippen LogP contribution is 1.99. The van der Waals surface area contributed by atoms with Gasteiger partial charge in [0.1, 0.15) is 0 Å². The van der Waals surface area contributed by atoms with E-state index >= 15 is 0 Å². The molecule has 0 spiro atoms. The van der Waals surface area contributed by atoms with Crippen LogP contribution in [0.4, 0.5) is 0 Å². The average molecular weight is 216 g/mol. The van der Waals surface area contributed by atoms with Crippen molar-refractivity contribution in [2.75, 3.05) is 26.2 Å². The molecule has 0 saturated heterocycles. The fourth-order valence-corrected chi connectivity index (χ4v) is 1.63. The minimum atomic E-state index is -0.241. The molecule has 0 aromatic rings. The van der Waals surface area contributed by atoms with Gasteiger partial charge in [0.05, 0.1) is 6.10 Å². The summed E-state index contributed by atoms with van der Waals surface area (Å²) in [6, 6.07) is 0.509. The molecule has 15 heavy (non-hydrogen) atoms. The second kappa shape index (κ2) is 9.13. The number of aliphatic hydroxyl groups excluding tert-OH is 1. The number of hydrogen-bond acceptors (Lipinski definition) is 3. The molecule has 92 valence electrons. The van der Waals surface area contributed by atoms with Crippen LogP contribution in [0.2, 0.25) is 0 Å². The zero-order valence-electron chi connectivity index (χ0n) is 10.8. The molecule has 1 unspecified atom stereocenters. The quantitative estimate of drug-likeness (QED) is 0.612. The van der Waals surface area contributed by atoms with Crippen LogP contribution in [0.3, 0.4) is 0 Å². The predicted octanol–water partition coefficient (Wildman–Crippen LogP) is 1.47. The van der Waals surface area contributed by atoms with Gasteiger partial charge in [-0.05, 0) is 46.3 Å². The molecule has 0 saturated carbocycles. The van der Waals surface area contributed by atoms with E-state index in [9.17, 15) is 0 Å². The zero-order chi connectivity index (χ0) is 11.7. The summed E-state index contributed by atoms with van der Waals surface area (Å²) in [6.07, 6.45) is 2.18. The number of nitrogens with zero attached hydrogens (tertiary/aromatic N) is 1. The number of hydrogen-bond donors (Lipinski definition) is 2. The van der Waals surface area contributed by atoms with E-state index in [-0.39, 0.29) is 6.10 Å². The summed E-state index contributed by atoms with van der Waals surface area (Å²) in [5.41, 5.74) is 0. The molecule has 0 heterocycles. The fraction of sp³-hybridized carbons (Fsp3) is 1.00. The number of nitrogens with one attached hydrogen (secondary N) is 1. The van der Waals surface area contributed by atoms with Crippen molar-refractivity contribution in [3.05, 3.63) is 0 Å². The minimum Gasteiger partial charge on any atom is -0.392 e. The van der Waals surface area contributed by atoms with Gasteiger partial charge in [-0.2, -0.15) is 0 Å². The van der Waals surface area contributed by atoms with Crippen molar-refractivity contribution in [1.29, 1.82) is 0 Å². The maximum absolute atomic E-state index is 9.12. The number of aliphatic hydroxyl groups is 1. The molecule has 0 bridgehead atoms. The van der Waals surface area contributed by atoms with Crippen molar-refractivity contribution < 1.29 is 5.11 Å². The normalized spacial score (nSPS) is 15.6. The average Bonchev–Trinajstić information content (AvgIpc) is 2.21. The van der Waals surface area contributed by atoms with E-state index in [0.717, 1.165) is 13.1 Å². The van der Waals surface area contributed by atoms with Crippen molar-refractivity contribution in [3.63, 3.8) is 0 Å². The Hall–Kier alpha value is -0.120. The maximum Gasteiger partial charge on any atom is 0.0636 e. The Morgan fingerprint density at radius 1 is 1.20 bits per heavy atom. The topological polar surface area (TPSA) is 35.5 Å². The first-order valence-electron chi connectivity index (χ1n) is 6.23. The first-order valence-corrected chi connectivity index (χ1v) is 6.23. The van der Waals surface area contributed by atoms with Crippen molar-refractivity contribution >= 4 is 0 Å². The number of rotatable bonds is 9. The molecule has 0 rings (SSSR count). The maximum atomic E-state index is 9.12. The van der Waals surface area contributed by atoms with E-state index in [2.05, 4.69) is 31.0 Å². The predicted molar refractivity (Wildman–Crippen MR) is 66.2 cm³/mol. The molecule has 0 aliphatic rings. The lowest BCUT2D eigenvalue weighted by Crippen LogP contribution is -2.33. The van der Waals surface area contributed by atoms with Gasteiger partial charge in [-0.1, -0.05) is 13.8 Å². The van der Waals surface area contributed by atoms with Crippen LogP contribution in [0.15, 0.2) is 0 Å². The molecule has 0 aliphatic carbocycles. The summed E-state index contributed by atoms with van der Waals surface area (Å²) in [4.78, 5) is 2.45. The Morgan fingerprint density at radius 2 is 1.80 bits per heavy atom. The molecule has 0 aromatic heterocycles. The fourth-order valence-electron chi connectivity index (χ4n) is 1.63. The Labute approximate surface area is 94.9 Å². The molecule has 2 atom stereocenters. The molecule has 2 N–H and O–H groups in total.